The van der Waals surface area contributed by atoms with Crippen molar-refractivity contribution in [3.8, 4) is 17.5 Å². The molecule has 4 heterocycles. The third-order valence-corrected chi connectivity index (χ3v) is 8.19. The summed E-state index contributed by atoms with van der Waals surface area (Å²) in [6.07, 6.45) is 7.08. The van der Waals surface area contributed by atoms with Gasteiger partial charge < -0.3 is 10.2 Å². The molecule has 0 radical (unpaired) electrons. The van der Waals surface area contributed by atoms with E-state index in [0.29, 0.717) is 39.2 Å². The summed E-state index contributed by atoms with van der Waals surface area (Å²) >= 11 is 0. The molecule has 10 nitrogen and oxygen atoms in total. The van der Waals surface area contributed by atoms with Crippen LogP contribution < -0.4 is 10.9 Å². The molecule has 4 aromatic heterocycles. The van der Waals surface area contributed by atoms with E-state index in [2.05, 4.69) is 51.1 Å². The van der Waals surface area contributed by atoms with Crippen LogP contribution in [0.15, 0.2) is 90.2 Å². The lowest BCUT2D eigenvalue weighted by molar-refractivity contribution is 0.0939. The molecular formula is C36H36N8O2. The van der Waals surface area contributed by atoms with Crippen LogP contribution in [0.4, 0.5) is 0 Å². The van der Waals surface area contributed by atoms with Gasteiger partial charge in [-0.15, -0.1) is 0 Å². The van der Waals surface area contributed by atoms with Gasteiger partial charge in [0.25, 0.3) is 11.5 Å². The van der Waals surface area contributed by atoms with E-state index >= 15 is 0 Å². The molecule has 2 aromatic carbocycles. The monoisotopic (exact) mass is 612 g/mol. The fourth-order valence-electron chi connectivity index (χ4n) is 5.73. The molecule has 1 amide bonds. The first kappa shape index (κ1) is 30.5. The van der Waals surface area contributed by atoms with E-state index in [1.165, 1.54) is 0 Å². The maximum absolute atomic E-state index is 14.4. The van der Waals surface area contributed by atoms with Crippen molar-refractivity contribution < 1.29 is 4.79 Å². The Balaban J connectivity index is 1.37. The Kier molecular flexibility index (Phi) is 8.76. The van der Waals surface area contributed by atoms with Crippen molar-refractivity contribution in [1.82, 2.24) is 39.2 Å². The van der Waals surface area contributed by atoms with Gasteiger partial charge in [0.1, 0.15) is 5.56 Å². The molecule has 10 heteroatoms. The number of amides is 1. The molecule has 1 unspecified atom stereocenters. The molecule has 1 N–H and O–H groups in total. The number of aromatic nitrogens is 6. The number of likely N-dealkylation sites (N-methyl/N-ethyl adjacent to an activating group) is 1. The lowest BCUT2D eigenvalue weighted by atomic mass is 10.0. The van der Waals surface area contributed by atoms with Gasteiger partial charge in [-0.05, 0) is 62.7 Å². The van der Waals surface area contributed by atoms with Gasteiger partial charge in [0, 0.05) is 42.1 Å². The van der Waals surface area contributed by atoms with Gasteiger partial charge >= 0.3 is 0 Å². The maximum Gasteiger partial charge on any atom is 0.264 e. The van der Waals surface area contributed by atoms with E-state index in [4.69, 9.17) is 0 Å². The lowest BCUT2D eigenvalue weighted by Crippen LogP contribution is -2.32. The Morgan fingerprint density at radius 2 is 1.85 bits per heavy atom. The molecule has 0 saturated carbocycles. The molecule has 0 fully saturated rings. The average molecular weight is 613 g/mol. The minimum atomic E-state index is -0.528. The predicted octanol–water partition coefficient (Wildman–Crippen LogP) is 4.77. The average Bonchev–Trinajstić information content (AvgIpc) is 3.67. The Morgan fingerprint density at radius 3 is 2.63 bits per heavy atom. The molecule has 0 aliphatic heterocycles. The summed E-state index contributed by atoms with van der Waals surface area (Å²) in [4.78, 5) is 34.7. The van der Waals surface area contributed by atoms with Crippen molar-refractivity contribution in [2.45, 2.75) is 40.3 Å². The van der Waals surface area contributed by atoms with Crippen LogP contribution >= 0.6 is 0 Å². The van der Waals surface area contributed by atoms with Gasteiger partial charge in [-0.25, -0.2) is 9.50 Å². The zero-order valence-corrected chi connectivity index (χ0v) is 26.4. The van der Waals surface area contributed by atoms with Gasteiger partial charge in [-0.2, -0.15) is 10.2 Å². The van der Waals surface area contributed by atoms with E-state index in [1.54, 1.807) is 40.7 Å². The molecule has 6 rings (SSSR count). The summed E-state index contributed by atoms with van der Waals surface area (Å²) in [6.45, 7) is 11.7. The Hall–Kier alpha value is -5.53. The smallest absolute Gasteiger partial charge is 0.264 e. The van der Waals surface area contributed by atoms with Crippen LogP contribution in [0.3, 0.4) is 0 Å². The third-order valence-electron chi connectivity index (χ3n) is 8.19. The number of hydrogen-bond acceptors (Lipinski definition) is 6. The number of fused-ring (bicyclic) bond motifs is 2. The molecule has 232 valence electrons. The molecule has 6 aromatic rings. The SMILES string of the molecule is CCN(CC)CCn1cc(C#Cc2cccc3cc(C(C)NC(=O)c4c(C)nn5cccnc45)n(-c4ccccc4)c(=O)c23)cn1. The number of pyridine rings is 1. The normalized spacial score (nSPS) is 11.9. The fourth-order valence-corrected chi connectivity index (χ4v) is 5.73. The number of para-hydroxylation sites is 1. The standard InChI is InChI=1S/C36H36N8O2/c1-5-41(6-2)20-21-42-24-27(23-38-42)16-17-28-12-10-13-29-22-31(44(36(46)33(28)29)30-14-8-7-9-15-30)25(3)39-35(45)32-26(4)40-43-19-11-18-37-34(32)43/h7-15,18-19,22-25H,5-6,20-21H2,1-4H3,(H,39,45). The van der Waals surface area contributed by atoms with Crippen LogP contribution in [0.5, 0.6) is 0 Å². The molecule has 46 heavy (non-hydrogen) atoms. The first-order valence-electron chi connectivity index (χ1n) is 15.5. The number of benzene rings is 2. The molecule has 0 spiro atoms. The van der Waals surface area contributed by atoms with Crippen LogP contribution in [0.1, 0.15) is 59.7 Å². The van der Waals surface area contributed by atoms with Crippen molar-refractivity contribution >= 4 is 22.3 Å². The zero-order valence-electron chi connectivity index (χ0n) is 26.4. The van der Waals surface area contributed by atoms with Crippen LogP contribution in [0.2, 0.25) is 0 Å². The van der Waals surface area contributed by atoms with Gasteiger partial charge in [-0.1, -0.05) is 56.0 Å². The summed E-state index contributed by atoms with van der Waals surface area (Å²) in [6, 6.07) is 18.3. The van der Waals surface area contributed by atoms with Gasteiger partial charge in [0.2, 0.25) is 0 Å². The second-order valence-corrected chi connectivity index (χ2v) is 11.1. The highest BCUT2D eigenvalue weighted by molar-refractivity contribution is 6.01. The summed E-state index contributed by atoms with van der Waals surface area (Å²) in [7, 11) is 0. The van der Waals surface area contributed by atoms with Crippen LogP contribution in [0, 0.1) is 18.8 Å². The summed E-state index contributed by atoms with van der Waals surface area (Å²) in [5.41, 5.74) is 3.96. The molecular weight excluding hydrogens is 576 g/mol. The topological polar surface area (TPSA) is 102 Å². The molecule has 0 aliphatic carbocycles. The highest BCUT2D eigenvalue weighted by Gasteiger charge is 2.23. The maximum atomic E-state index is 14.4. The second-order valence-electron chi connectivity index (χ2n) is 11.1. The largest absolute Gasteiger partial charge is 0.344 e. The number of carbonyl (C=O) groups excluding carboxylic acids is 1. The van der Waals surface area contributed by atoms with Crippen molar-refractivity contribution in [3.63, 3.8) is 0 Å². The van der Waals surface area contributed by atoms with Crippen molar-refractivity contribution in [2.75, 3.05) is 19.6 Å². The van der Waals surface area contributed by atoms with Gasteiger partial charge in [-0.3, -0.25) is 18.8 Å². The van der Waals surface area contributed by atoms with E-state index in [0.717, 1.165) is 37.1 Å². The Labute approximate surface area is 267 Å². The Bertz CT molecular complexity index is 2150. The molecule has 0 bridgehead atoms. The molecule has 0 saturated heterocycles. The number of nitrogens with one attached hydrogen (secondary N) is 1. The summed E-state index contributed by atoms with van der Waals surface area (Å²) in [5, 5.41) is 13.2. The first-order chi connectivity index (χ1) is 22.4. The van der Waals surface area contributed by atoms with Crippen LogP contribution in [-0.2, 0) is 6.54 Å². The highest BCUT2D eigenvalue weighted by Crippen LogP contribution is 2.24. The van der Waals surface area contributed by atoms with E-state index in [-0.39, 0.29) is 11.5 Å². The van der Waals surface area contributed by atoms with Crippen LogP contribution in [-0.4, -0.2) is 59.4 Å². The number of carbonyl (C=O) groups is 1. The number of hydrogen-bond donors (Lipinski definition) is 1. The summed E-state index contributed by atoms with van der Waals surface area (Å²) in [5.74, 6) is 6.13. The minimum Gasteiger partial charge on any atom is -0.344 e. The van der Waals surface area contributed by atoms with E-state index in [1.807, 2.05) is 72.4 Å². The molecule has 0 aliphatic rings. The lowest BCUT2D eigenvalue weighted by Gasteiger charge is -2.21. The van der Waals surface area contributed by atoms with Crippen LogP contribution in [0.25, 0.3) is 22.1 Å². The van der Waals surface area contributed by atoms with Crippen molar-refractivity contribution in [2.24, 2.45) is 0 Å². The van der Waals surface area contributed by atoms with Gasteiger partial charge in [0.15, 0.2) is 5.65 Å². The minimum absolute atomic E-state index is 0.214. The third kappa shape index (κ3) is 6.05. The van der Waals surface area contributed by atoms with Crippen molar-refractivity contribution in [1.29, 1.82) is 0 Å². The highest BCUT2D eigenvalue weighted by atomic mass is 16.2. The zero-order chi connectivity index (χ0) is 32.2. The van der Waals surface area contributed by atoms with Gasteiger partial charge in [0.05, 0.1) is 35.4 Å². The predicted molar refractivity (Wildman–Crippen MR) is 179 cm³/mol. The first-order valence-corrected chi connectivity index (χ1v) is 15.5. The summed E-state index contributed by atoms with van der Waals surface area (Å²) < 4.78 is 5.15. The quantitative estimate of drug-likeness (QED) is 0.236. The number of nitrogens with zero attached hydrogens (tertiary/aromatic N) is 7. The molecule has 1 atom stereocenters. The number of aryl methyl sites for hydroxylation is 1. The van der Waals surface area contributed by atoms with Crippen molar-refractivity contribution in [3.05, 3.63) is 124 Å². The fraction of sp³-hybridized carbons (Fsp3) is 0.250. The second kappa shape index (κ2) is 13.2. The van der Waals surface area contributed by atoms with E-state index in [9.17, 15) is 9.59 Å². The Morgan fingerprint density at radius 1 is 1.04 bits per heavy atom. The number of rotatable bonds is 9. The van der Waals surface area contributed by atoms with E-state index < -0.39 is 6.04 Å².